The van der Waals surface area contributed by atoms with Crippen LogP contribution < -0.4 is 21.9 Å². The summed E-state index contributed by atoms with van der Waals surface area (Å²) >= 11 is 0. The Labute approximate surface area is 188 Å². The van der Waals surface area contributed by atoms with Crippen molar-refractivity contribution in [3.8, 4) is 0 Å². The van der Waals surface area contributed by atoms with Crippen LogP contribution in [-0.2, 0) is 12.4 Å². The quantitative estimate of drug-likeness (QED) is 0.396. The number of hydrogen-bond donors (Lipinski definition) is 4. The number of anilines is 3. The smallest absolute Gasteiger partial charge is 0.350 e. The summed E-state index contributed by atoms with van der Waals surface area (Å²) in [4.78, 5) is 23.3. The van der Waals surface area contributed by atoms with Crippen molar-refractivity contribution in [3.05, 3.63) is 51.9 Å². The highest BCUT2D eigenvalue weighted by atomic mass is 19.4. The van der Waals surface area contributed by atoms with E-state index < -0.39 is 34.7 Å². The number of nitrogens with one attached hydrogen (secondary N) is 3. The second-order valence-corrected chi connectivity index (χ2v) is 8.08. The summed E-state index contributed by atoms with van der Waals surface area (Å²) in [5, 5.41) is 5.42. The van der Waals surface area contributed by atoms with E-state index in [0.717, 1.165) is 25.7 Å². The molecular weight excluding hydrogens is 466 g/mol. The third-order valence-corrected chi connectivity index (χ3v) is 5.60. The summed E-state index contributed by atoms with van der Waals surface area (Å²) in [5.74, 6) is -0.197. The molecule has 4 rings (SSSR count). The van der Waals surface area contributed by atoms with Crippen LogP contribution >= 0.6 is 0 Å². The molecule has 182 valence electrons. The molecule has 2 heterocycles. The number of aromatic amines is 1. The summed E-state index contributed by atoms with van der Waals surface area (Å²) < 4.78 is 79.5. The summed E-state index contributed by atoms with van der Waals surface area (Å²) in [6.07, 6.45) is -5.31. The zero-order chi connectivity index (χ0) is 24.7. The fourth-order valence-electron chi connectivity index (χ4n) is 3.91. The predicted octanol–water partition coefficient (Wildman–Crippen LogP) is 4.78. The molecule has 7 nitrogen and oxygen atoms in total. The molecule has 0 unspecified atom stereocenters. The number of halogens is 6. The lowest BCUT2D eigenvalue weighted by Crippen LogP contribution is -2.43. The molecule has 5 N–H and O–H groups in total. The van der Waals surface area contributed by atoms with Crippen molar-refractivity contribution >= 4 is 28.4 Å². The number of H-pyrrole nitrogens is 1. The molecule has 13 heteroatoms. The van der Waals surface area contributed by atoms with Crippen LogP contribution in [0, 0.1) is 0 Å². The number of pyridine rings is 1. The maximum atomic E-state index is 13.3. The highest BCUT2D eigenvalue weighted by Crippen LogP contribution is 2.38. The number of alkyl halides is 6. The fraction of sp³-hybridized carbons (Fsp3) is 0.381. The van der Waals surface area contributed by atoms with Crippen molar-refractivity contribution in [1.82, 2.24) is 15.0 Å². The molecule has 34 heavy (non-hydrogen) atoms. The second kappa shape index (κ2) is 8.78. The Balaban J connectivity index is 1.80. The number of nitrogens with zero attached hydrogens (tertiary/aromatic N) is 2. The highest BCUT2D eigenvalue weighted by molar-refractivity contribution is 5.91. The SMILES string of the molecule is N[C@@H]1CCCC[C@H]1Nc1nc(Nc2cc(C(F)(F)F)cc(C(F)(F)F)c2)c2c(=O)[nH]ccc2n1. The number of rotatable bonds is 4. The van der Waals surface area contributed by atoms with Gasteiger partial charge in [0.15, 0.2) is 0 Å². The third kappa shape index (κ3) is 5.08. The molecule has 0 aliphatic heterocycles. The molecule has 1 aromatic carbocycles. The van der Waals surface area contributed by atoms with Crippen LogP contribution in [0.3, 0.4) is 0 Å². The van der Waals surface area contributed by atoms with Gasteiger partial charge in [0.1, 0.15) is 11.2 Å². The molecule has 1 aliphatic carbocycles. The molecular formula is C21H20F6N6O. The monoisotopic (exact) mass is 486 g/mol. The molecule has 2 aromatic heterocycles. The Morgan fingerprint density at radius 3 is 2.24 bits per heavy atom. The lowest BCUT2D eigenvalue weighted by molar-refractivity contribution is -0.143. The van der Waals surface area contributed by atoms with Crippen molar-refractivity contribution in [3.63, 3.8) is 0 Å². The van der Waals surface area contributed by atoms with Crippen LogP contribution in [0.2, 0.25) is 0 Å². The molecule has 1 saturated carbocycles. The Morgan fingerprint density at radius 2 is 1.62 bits per heavy atom. The molecule has 0 radical (unpaired) electrons. The van der Waals surface area contributed by atoms with E-state index in [2.05, 4.69) is 25.6 Å². The van der Waals surface area contributed by atoms with Gasteiger partial charge in [-0.3, -0.25) is 4.79 Å². The molecule has 0 saturated heterocycles. The van der Waals surface area contributed by atoms with Gasteiger partial charge >= 0.3 is 12.4 Å². The van der Waals surface area contributed by atoms with Gasteiger partial charge in [-0.2, -0.15) is 31.3 Å². The zero-order valence-electron chi connectivity index (χ0n) is 17.5. The first-order valence-electron chi connectivity index (χ1n) is 10.4. The Bertz CT molecular complexity index is 1220. The first-order valence-corrected chi connectivity index (χ1v) is 10.4. The molecule has 3 aromatic rings. The number of hydrogen-bond acceptors (Lipinski definition) is 6. The number of fused-ring (bicyclic) bond motifs is 1. The topological polar surface area (TPSA) is 109 Å². The maximum absolute atomic E-state index is 13.3. The fourth-order valence-corrected chi connectivity index (χ4v) is 3.91. The highest BCUT2D eigenvalue weighted by Gasteiger charge is 2.37. The van der Waals surface area contributed by atoms with Gasteiger partial charge < -0.3 is 21.4 Å². The zero-order valence-corrected chi connectivity index (χ0v) is 17.5. The summed E-state index contributed by atoms with van der Waals surface area (Å²) in [5.41, 5.74) is 2.09. The molecule has 1 fully saturated rings. The van der Waals surface area contributed by atoms with Crippen molar-refractivity contribution in [2.24, 2.45) is 5.73 Å². The van der Waals surface area contributed by atoms with E-state index in [-0.39, 0.29) is 40.8 Å². The average molecular weight is 486 g/mol. The Morgan fingerprint density at radius 1 is 0.971 bits per heavy atom. The van der Waals surface area contributed by atoms with Crippen LogP contribution in [0.1, 0.15) is 36.8 Å². The van der Waals surface area contributed by atoms with E-state index in [4.69, 9.17) is 5.73 Å². The van der Waals surface area contributed by atoms with Crippen molar-refractivity contribution in [2.45, 2.75) is 50.1 Å². The van der Waals surface area contributed by atoms with Crippen molar-refractivity contribution < 1.29 is 26.3 Å². The molecule has 2 atom stereocenters. The number of nitrogens with two attached hydrogens (primary N) is 1. The Hall–Kier alpha value is -3.35. The van der Waals surface area contributed by atoms with E-state index in [1.807, 2.05) is 0 Å². The van der Waals surface area contributed by atoms with Gasteiger partial charge in [-0.15, -0.1) is 0 Å². The van der Waals surface area contributed by atoms with E-state index in [1.54, 1.807) is 0 Å². The average Bonchev–Trinajstić information content (AvgIpc) is 2.74. The van der Waals surface area contributed by atoms with Gasteiger partial charge in [0.2, 0.25) is 5.95 Å². The molecule has 0 amide bonds. The Kier molecular flexibility index (Phi) is 6.14. The standard InChI is InChI=1S/C21H20F6N6O/c22-20(23,24)10-7-11(21(25,26)27)9-12(8-10)30-17-16-15(5-6-29-18(16)34)32-19(33-17)31-14-4-2-1-3-13(14)28/h5-9,13-14H,1-4,28H2,(H,29,34)(H2,30,31,32,33)/t13-,14-/m1/s1. The normalized spacial score (nSPS) is 19.3. The van der Waals surface area contributed by atoms with E-state index in [9.17, 15) is 31.1 Å². The minimum Gasteiger partial charge on any atom is -0.350 e. The van der Waals surface area contributed by atoms with Crippen LogP contribution in [0.5, 0.6) is 0 Å². The van der Waals surface area contributed by atoms with Crippen LogP contribution in [0.25, 0.3) is 10.9 Å². The lowest BCUT2D eigenvalue weighted by atomic mass is 9.91. The van der Waals surface area contributed by atoms with Crippen LogP contribution in [0.4, 0.5) is 43.8 Å². The predicted molar refractivity (Wildman–Crippen MR) is 114 cm³/mol. The van der Waals surface area contributed by atoms with Gasteiger partial charge in [-0.1, -0.05) is 12.8 Å². The lowest BCUT2D eigenvalue weighted by Gasteiger charge is -2.29. The van der Waals surface area contributed by atoms with Crippen LogP contribution in [0.15, 0.2) is 35.3 Å². The van der Waals surface area contributed by atoms with E-state index in [1.165, 1.54) is 12.3 Å². The largest absolute Gasteiger partial charge is 0.416 e. The van der Waals surface area contributed by atoms with Crippen LogP contribution in [-0.4, -0.2) is 27.0 Å². The van der Waals surface area contributed by atoms with E-state index in [0.29, 0.717) is 12.1 Å². The van der Waals surface area contributed by atoms with Gasteiger partial charge in [0.25, 0.3) is 5.56 Å². The summed E-state index contributed by atoms with van der Waals surface area (Å²) in [6.45, 7) is 0. The molecule has 0 spiro atoms. The van der Waals surface area contributed by atoms with Crippen molar-refractivity contribution in [2.75, 3.05) is 10.6 Å². The van der Waals surface area contributed by atoms with Gasteiger partial charge in [-0.05, 0) is 37.1 Å². The summed E-state index contributed by atoms with van der Waals surface area (Å²) in [7, 11) is 0. The second-order valence-electron chi connectivity index (χ2n) is 8.08. The van der Waals surface area contributed by atoms with E-state index >= 15 is 0 Å². The van der Waals surface area contributed by atoms with Gasteiger partial charge in [0.05, 0.1) is 16.6 Å². The third-order valence-electron chi connectivity index (χ3n) is 5.60. The molecule has 0 bridgehead atoms. The van der Waals surface area contributed by atoms with Crippen molar-refractivity contribution in [1.29, 1.82) is 0 Å². The molecule has 1 aliphatic rings. The number of benzene rings is 1. The van der Waals surface area contributed by atoms with Gasteiger partial charge in [-0.25, -0.2) is 4.98 Å². The first kappa shape index (κ1) is 23.8. The first-order chi connectivity index (χ1) is 15.9. The minimum absolute atomic E-state index is 0.0213. The maximum Gasteiger partial charge on any atom is 0.416 e. The number of aromatic nitrogens is 3. The summed E-state index contributed by atoms with van der Waals surface area (Å²) in [6, 6.07) is 2.15. The van der Waals surface area contributed by atoms with Gasteiger partial charge in [0, 0.05) is 24.0 Å². The minimum atomic E-state index is -5.02.